The van der Waals surface area contributed by atoms with Gasteiger partial charge in [0, 0.05) is 6.04 Å². The highest BCUT2D eigenvalue weighted by atomic mass is 32.2. The summed E-state index contributed by atoms with van der Waals surface area (Å²) in [6, 6.07) is 2.35. The number of rotatable bonds is 4. The van der Waals surface area contributed by atoms with E-state index in [2.05, 4.69) is 15.3 Å². The molecule has 0 saturated heterocycles. The van der Waals surface area contributed by atoms with Crippen molar-refractivity contribution < 1.29 is 4.79 Å². The van der Waals surface area contributed by atoms with Crippen LogP contribution in [0.25, 0.3) is 10.2 Å². The molecular weight excluding hydrogens is 290 g/mol. The number of thioether (sulfide) groups is 1. The zero-order valence-corrected chi connectivity index (χ0v) is 13.0. The second kappa shape index (κ2) is 6.10. The van der Waals surface area contributed by atoms with Crippen LogP contribution in [-0.2, 0) is 4.79 Å². The number of nitrogens with one attached hydrogen (secondary N) is 1. The summed E-state index contributed by atoms with van der Waals surface area (Å²) in [6.07, 6.45) is 6.26. The predicted molar refractivity (Wildman–Crippen MR) is 83.1 cm³/mol. The molecule has 0 radical (unpaired) electrons. The van der Waals surface area contributed by atoms with Crippen LogP contribution >= 0.6 is 23.1 Å². The summed E-state index contributed by atoms with van der Waals surface area (Å²) in [5.74, 6) is 0.116. The summed E-state index contributed by atoms with van der Waals surface area (Å²) < 4.78 is 1.07. The predicted octanol–water partition coefficient (Wildman–Crippen LogP) is 3.23. The van der Waals surface area contributed by atoms with Crippen molar-refractivity contribution in [2.75, 3.05) is 0 Å². The molecule has 0 aromatic carbocycles. The molecule has 2 aromatic rings. The maximum Gasteiger partial charge on any atom is 0.233 e. The fraction of sp³-hybridized carbons (Fsp3) is 0.500. The van der Waals surface area contributed by atoms with Gasteiger partial charge in [-0.15, -0.1) is 11.3 Å². The second-order valence-corrected chi connectivity index (χ2v) is 7.31. The Morgan fingerprint density at radius 1 is 1.45 bits per heavy atom. The lowest BCUT2D eigenvalue weighted by atomic mass is 10.2. The first kappa shape index (κ1) is 13.8. The van der Waals surface area contributed by atoms with E-state index in [1.807, 2.05) is 18.4 Å². The molecule has 20 heavy (non-hydrogen) atoms. The molecule has 3 rings (SSSR count). The molecule has 0 bridgehead atoms. The van der Waals surface area contributed by atoms with Crippen LogP contribution in [0.4, 0.5) is 0 Å². The number of fused-ring (bicyclic) bond motifs is 1. The Morgan fingerprint density at radius 2 is 2.25 bits per heavy atom. The fourth-order valence-electron chi connectivity index (χ4n) is 2.46. The van der Waals surface area contributed by atoms with Crippen LogP contribution < -0.4 is 5.32 Å². The minimum Gasteiger partial charge on any atom is -0.352 e. The Labute approximate surface area is 126 Å². The van der Waals surface area contributed by atoms with E-state index in [1.54, 1.807) is 17.7 Å². The number of hydrogen-bond acceptors (Lipinski definition) is 5. The van der Waals surface area contributed by atoms with Crippen molar-refractivity contribution in [2.45, 2.75) is 48.9 Å². The lowest BCUT2D eigenvalue weighted by molar-refractivity contribution is -0.120. The lowest BCUT2D eigenvalue weighted by Gasteiger charge is -2.16. The average molecular weight is 307 g/mol. The van der Waals surface area contributed by atoms with Gasteiger partial charge in [-0.2, -0.15) is 0 Å². The summed E-state index contributed by atoms with van der Waals surface area (Å²) in [5, 5.41) is 5.92. The van der Waals surface area contributed by atoms with Crippen molar-refractivity contribution in [3.8, 4) is 0 Å². The highest BCUT2D eigenvalue weighted by molar-refractivity contribution is 8.00. The largest absolute Gasteiger partial charge is 0.352 e. The Bertz CT molecular complexity index is 607. The minimum atomic E-state index is -0.129. The maximum absolute atomic E-state index is 12.2. The van der Waals surface area contributed by atoms with E-state index in [9.17, 15) is 4.79 Å². The quantitative estimate of drug-likeness (QED) is 0.696. The number of thiophene rings is 1. The average Bonchev–Trinajstić information content (AvgIpc) is 3.09. The lowest BCUT2D eigenvalue weighted by Crippen LogP contribution is -2.37. The molecule has 0 spiro atoms. The molecule has 1 saturated carbocycles. The van der Waals surface area contributed by atoms with Crippen molar-refractivity contribution in [3.05, 3.63) is 17.8 Å². The van der Waals surface area contributed by atoms with Crippen LogP contribution in [0.1, 0.15) is 32.6 Å². The van der Waals surface area contributed by atoms with Crippen LogP contribution in [0, 0.1) is 0 Å². The molecule has 1 N–H and O–H groups in total. The molecule has 1 aliphatic carbocycles. The van der Waals surface area contributed by atoms with Gasteiger partial charge in [0.1, 0.15) is 11.4 Å². The SMILES string of the molecule is CC(Sc1ncnc2ccsc12)C(=O)NC1CCCC1. The Morgan fingerprint density at radius 3 is 3.05 bits per heavy atom. The first-order valence-corrected chi connectivity index (χ1v) is 8.65. The number of carbonyl (C=O) groups excluding carboxylic acids is 1. The fourth-order valence-corrected chi connectivity index (χ4v) is 4.31. The van der Waals surface area contributed by atoms with Crippen molar-refractivity contribution in [1.29, 1.82) is 0 Å². The second-order valence-electron chi connectivity index (χ2n) is 5.06. The molecule has 6 heteroatoms. The molecule has 0 aliphatic heterocycles. The monoisotopic (exact) mass is 307 g/mol. The van der Waals surface area contributed by atoms with Crippen LogP contribution in [0.5, 0.6) is 0 Å². The van der Waals surface area contributed by atoms with Crippen LogP contribution in [-0.4, -0.2) is 27.2 Å². The summed E-state index contributed by atoms with van der Waals surface area (Å²) in [5.41, 5.74) is 0.955. The number of nitrogens with zero attached hydrogens (tertiary/aromatic N) is 2. The van der Waals surface area contributed by atoms with E-state index >= 15 is 0 Å². The van der Waals surface area contributed by atoms with Gasteiger partial charge in [0.15, 0.2) is 0 Å². The standard InChI is InChI=1S/C14H17N3OS2/c1-9(13(18)17-10-4-2-3-5-10)20-14-12-11(6-7-19-12)15-8-16-14/h6-10H,2-5H2,1H3,(H,17,18). The highest BCUT2D eigenvalue weighted by Crippen LogP contribution is 2.31. The van der Waals surface area contributed by atoms with Gasteiger partial charge >= 0.3 is 0 Å². The summed E-state index contributed by atoms with van der Waals surface area (Å²) >= 11 is 3.14. The molecule has 4 nitrogen and oxygen atoms in total. The van der Waals surface area contributed by atoms with E-state index < -0.39 is 0 Å². The van der Waals surface area contributed by atoms with Gasteiger partial charge in [0.05, 0.1) is 15.5 Å². The van der Waals surface area contributed by atoms with Gasteiger partial charge in [-0.05, 0) is 31.2 Å². The Kier molecular flexibility index (Phi) is 4.21. The molecule has 1 amide bonds. The molecule has 2 heterocycles. The Hall–Kier alpha value is -1.14. The number of carbonyl (C=O) groups is 1. The molecule has 1 unspecified atom stereocenters. The molecular formula is C14H17N3OS2. The summed E-state index contributed by atoms with van der Waals surface area (Å²) in [7, 11) is 0. The van der Waals surface area contributed by atoms with Gasteiger partial charge in [-0.3, -0.25) is 4.79 Å². The zero-order valence-electron chi connectivity index (χ0n) is 11.3. The van der Waals surface area contributed by atoms with E-state index in [1.165, 1.54) is 24.6 Å². The zero-order chi connectivity index (χ0) is 13.9. The van der Waals surface area contributed by atoms with E-state index in [0.29, 0.717) is 6.04 Å². The van der Waals surface area contributed by atoms with Gasteiger partial charge in [-0.1, -0.05) is 24.6 Å². The summed E-state index contributed by atoms with van der Waals surface area (Å²) in [4.78, 5) is 20.7. The first-order valence-electron chi connectivity index (χ1n) is 6.89. The highest BCUT2D eigenvalue weighted by Gasteiger charge is 2.22. The topological polar surface area (TPSA) is 54.9 Å². The van der Waals surface area contributed by atoms with Gasteiger partial charge in [-0.25, -0.2) is 9.97 Å². The normalized spacial score (nSPS) is 17.4. The molecule has 1 fully saturated rings. The van der Waals surface area contributed by atoms with E-state index in [-0.39, 0.29) is 11.2 Å². The summed E-state index contributed by atoms with van der Waals surface area (Å²) in [6.45, 7) is 1.94. The van der Waals surface area contributed by atoms with Crippen molar-refractivity contribution in [1.82, 2.24) is 15.3 Å². The van der Waals surface area contributed by atoms with Gasteiger partial charge in [0.2, 0.25) is 5.91 Å². The Balaban J connectivity index is 1.67. The van der Waals surface area contributed by atoms with Crippen molar-refractivity contribution in [3.63, 3.8) is 0 Å². The molecule has 1 aliphatic rings. The number of amides is 1. The van der Waals surface area contributed by atoms with Crippen LogP contribution in [0.3, 0.4) is 0 Å². The first-order chi connectivity index (χ1) is 9.74. The molecule has 2 aromatic heterocycles. The third kappa shape index (κ3) is 2.96. The maximum atomic E-state index is 12.2. The molecule has 1 atom stereocenters. The molecule has 106 valence electrons. The van der Waals surface area contributed by atoms with Crippen molar-refractivity contribution >= 4 is 39.2 Å². The van der Waals surface area contributed by atoms with Crippen molar-refractivity contribution in [2.24, 2.45) is 0 Å². The minimum absolute atomic E-state index is 0.116. The third-order valence-corrected chi connectivity index (χ3v) is 5.71. The van der Waals surface area contributed by atoms with E-state index in [0.717, 1.165) is 28.1 Å². The smallest absolute Gasteiger partial charge is 0.233 e. The van der Waals surface area contributed by atoms with Gasteiger partial charge in [0.25, 0.3) is 0 Å². The van der Waals surface area contributed by atoms with Gasteiger partial charge < -0.3 is 5.32 Å². The van der Waals surface area contributed by atoms with E-state index in [4.69, 9.17) is 0 Å². The number of hydrogen-bond donors (Lipinski definition) is 1. The number of aromatic nitrogens is 2. The van der Waals surface area contributed by atoms with Crippen LogP contribution in [0.2, 0.25) is 0 Å². The van der Waals surface area contributed by atoms with Crippen LogP contribution in [0.15, 0.2) is 22.8 Å². The third-order valence-electron chi connectivity index (χ3n) is 3.57.